The zero-order valence-electron chi connectivity index (χ0n) is 19.4. The molecule has 1 aliphatic heterocycles. The third-order valence-electron chi connectivity index (χ3n) is 6.00. The molecule has 0 bridgehead atoms. The lowest BCUT2D eigenvalue weighted by Gasteiger charge is -2.33. The molecule has 0 aromatic heterocycles. The van der Waals surface area contributed by atoms with Crippen molar-refractivity contribution in [3.8, 4) is 0 Å². The van der Waals surface area contributed by atoms with E-state index in [-0.39, 0.29) is 23.8 Å². The first-order valence-electron chi connectivity index (χ1n) is 11.4. The molecule has 7 heteroatoms. The van der Waals surface area contributed by atoms with Crippen LogP contribution < -0.4 is 10.6 Å². The molecular formula is C26H32ClN3O3. The van der Waals surface area contributed by atoms with Crippen molar-refractivity contribution in [3.05, 3.63) is 70.2 Å². The second kappa shape index (κ2) is 11.3. The average molecular weight is 470 g/mol. The molecule has 2 aromatic carbocycles. The Kier molecular flexibility index (Phi) is 8.50. The molecule has 0 spiro atoms. The number of carbonyl (C=O) groups is 3. The van der Waals surface area contributed by atoms with Crippen LogP contribution in [0.5, 0.6) is 0 Å². The van der Waals surface area contributed by atoms with E-state index >= 15 is 0 Å². The zero-order valence-corrected chi connectivity index (χ0v) is 20.2. The lowest BCUT2D eigenvalue weighted by molar-refractivity contribution is -0.128. The highest BCUT2D eigenvalue weighted by atomic mass is 35.5. The number of nitrogens with one attached hydrogen (secondary N) is 2. The summed E-state index contributed by atoms with van der Waals surface area (Å²) in [5.74, 6) is -0.0266. The molecule has 0 saturated carbocycles. The summed E-state index contributed by atoms with van der Waals surface area (Å²) in [7, 11) is 0. The first-order valence-corrected chi connectivity index (χ1v) is 11.8. The Bertz CT molecular complexity index is 965. The summed E-state index contributed by atoms with van der Waals surface area (Å²) in [6, 6.07) is 14.4. The Hall–Kier alpha value is -2.86. The molecule has 1 fully saturated rings. The maximum atomic E-state index is 13.0. The van der Waals surface area contributed by atoms with E-state index in [1.54, 1.807) is 29.2 Å². The van der Waals surface area contributed by atoms with E-state index in [9.17, 15) is 14.4 Å². The Morgan fingerprint density at radius 3 is 2.15 bits per heavy atom. The number of hydrogen-bond acceptors (Lipinski definition) is 3. The number of nitrogens with zero attached hydrogens (tertiary/aromatic N) is 1. The smallest absolute Gasteiger partial charge is 0.253 e. The van der Waals surface area contributed by atoms with Crippen LogP contribution >= 0.6 is 11.6 Å². The standard InChI is InChI=1S/C26H32ClN3O3/c1-17(2)20-6-4-19(5-7-20)16-24(28-18(3)31)25(32)29-23-12-14-30(15-13-23)26(33)21-8-10-22(27)11-9-21/h4-11,17,23-24H,12-16H2,1-3H3,(H,28,31)(H,29,32)/t24-/m1/s1. The van der Waals surface area contributed by atoms with Crippen molar-refractivity contribution in [2.45, 2.75) is 58.0 Å². The lowest BCUT2D eigenvalue weighted by atomic mass is 9.98. The maximum absolute atomic E-state index is 13.0. The van der Waals surface area contributed by atoms with Crippen LogP contribution in [-0.4, -0.2) is 47.8 Å². The van der Waals surface area contributed by atoms with Crippen molar-refractivity contribution >= 4 is 29.3 Å². The average Bonchev–Trinajstić information content (AvgIpc) is 2.79. The molecule has 2 N–H and O–H groups in total. The van der Waals surface area contributed by atoms with Crippen molar-refractivity contribution in [3.63, 3.8) is 0 Å². The van der Waals surface area contributed by atoms with E-state index in [0.717, 1.165) is 5.56 Å². The number of benzene rings is 2. The molecule has 0 unspecified atom stereocenters. The Balaban J connectivity index is 1.55. The zero-order chi connectivity index (χ0) is 24.0. The number of rotatable bonds is 7. The van der Waals surface area contributed by atoms with E-state index in [4.69, 9.17) is 11.6 Å². The molecule has 3 amide bonds. The van der Waals surface area contributed by atoms with E-state index in [1.165, 1.54) is 12.5 Å². The number of halogens is 1. The number of likely N-dealkylation sites (tertiary alicyclic amines) is 1. The van der Waals surface area contributed by atoms with E-state index in [1.807, 2.05) is 12.1 Å². The minimum Gasteiger partial charge on any atom is -0.351 e. The molecular weight excluding hydrogens is 438 g/mol. The molecule has 176 valence electrons. The summed E-state index contributed by atoms with van der Waals surface area (Å²) in [6.07, 6.45) is 1.76. The fourth-order valence-corrected chi connectivity index (χ4v) is 4.16. The summed E-state index contributed by atoms with van der Waals surface area (Å²) in [5, 5.41) is 6.45. The van der Waals surface area contributed by atoms with Crippen LogP contribution in [-0.2, 0) is 16.0 Å². The molecule has 0 aliphatic carbocycles. The van der Waals surface area contributed by atoms with Gasteiger partial charge >= 0.3 is 0 Å². The summed E-state index contributed by atoms with van der Waals surface area (Å²) >= 11 is 5.91. The van der Waals surface area contributed by atoms with Gasteiger partial charge in [-0.1, -0.05) is 49.7 Å². The van der Waals surface area contributed by atoms with Crippen LogP contribution in [0.3, 0.4) is 0 Å². The number of carbonyl (C=O) groups excluding carboxylic acids is 3. The highest BCUT2D eigenvalue weighted by Crippen LogP contribution is 2.18. The molecule has 3 rings (SSSR count). The second-order valence-corrected chi connectivity index (χ2v) is 9.37. The SMILES string of the molecule is CC(=O)N[C@H](Cc1ccc(C(C)C)cc1)C(=O)NC1CCN(C(=O)c2ccc(Cl)cc2)CC1. The summed E-state index contributed by atoms with van der Waals surface area (Å²) in [5.41, 5.74) is 2.84. The first-order chi connectivity index (χ1) is 15.7. The predicted molar refractivity (Wildman–Crippen MR) is 130 cm³/mol. The van der Waals surface area contributed by atoms with Crippen LogP contribution in [0.1, 0.15) is 61.0 Å². The van der Waals surface area contributed by atoms with Gasteiger partial charge in [-0.25, -0.2) is 0 Å². The molecule has 1 atom stereocenters. The van der Waals surface area contributed by atoms with Gasteiger partial charge in [-0.05, 0) is 54.2 Å². The summed E-state index contributed by atoms with van der Waals surface area (Å²) in [6.45, 7) is 6.82. The van der Waals surface area contributed by atoms with Crippen molar-refractivity contribution in [2.75, 3.05) is 13.1 Å². The summed E-state index contributed by atoms with van der Waals surface area (Å²) < 4.78 is 0. The first kappa shape index (κ1) is 24.8. The number of piperidine rings is 1. The minimum absolute atomic E-state index is 0.0302. The van der Waals surface area contributed by atoms with Crippen LogP contribution in [0.25, 0.3) is 0 Å². The van der Waals surface area contributed by atoms with Crippen molar-refractivity contribution in [2.24, 2.45) is 0 Å². The normalized spacial score (nSPS) is 15.2. The fourth-order valence-electron chi connectivity index (χ4n) is 4.03. The quantitative estimate of drug-likeness (QED) is 0.644. The highest BCUT2D eigenvalue weighted by Gasteiger charge is 2.27. The predicted octanol–water partition coefficient (Wildman–Crippen LogP) is 3.93. The van der Waals surface area contributed by atoms with Crippen LogP contribution in [0.4, 0.5) is 0 Å². The van der Waals surface area contributed by atoms with Gasteiger partial charge in [0.1, 0.15) is 6.04 Å². The van der Waals surface area contributed by atoms with Gasteiger partial charge in [0, 0.05) is 43.1 Å². The van der Waals surface area contributed by atoms with Gasteiger partial charge in [0.15, 0.2) is 0 Å². The molecule has 1 heterocycles. The topological polar surface area (TPSA) is 78.5 Å². The lowest BCUT2D eigenvalue weighted by Crippen LogP contribution is -2.53. The number of amides is 3. The molecule has 1 saturated heterocycles. The van der Waals surface area contributed by atoms with Crippen molar-refractivity contribution in [1.82, 2.24) is 15.5 Å². The van der Waals surface area contributed by atoms with Crippen molar-refractivity contribution in [1.29, 1.82) is 0 Å². The van der Waals surface area contributed by atoms with Gasteiger partial charge in [0.25, 0.3) is 5.91 Å². The third-order valence-corrected chi connectivity index (χ3v) is 6.25. The Labute approximate surface area is 200 Å². The van der Waals surface area contributed by atoms with Gasteiger partial charge in [0.05, 0.1) is 0 Å². The second-order valence-electron chi connectivity index (χ2n) is 8.94. The molecule has 2 aromatic rings. The van der Waals surface area contributed by atoms with Crippen LogP contribution in [0, 0.1) is 0 Å². The fraction of sp³-hybridized carbons (Fsp3) is 0.423. The largest absolute Gasteiger partial charge is 0.351 e. The molecule has 0 radical (unpaired) electrons. The minimum atomic E-state index is -0.638. The maximum Gasteiger partial charge on any atom is 0.253 e. The molecule has 1 aliphatic rings. The van der Waals surface area contributed by atoms with Gasteiger partial charge in [-0.2, -0.15) is 0 Å². The van der Waals surface area contributed by atoms with Gasteiger partial charge in [0.2, 0.25) is 11.8 Å². The van der Waals surface area contributed by atoms with Gasteiger partial charge < -0.3 is 15.5 Å². The summed E-state index contributed by atoms with van der Waals surface area (Å²) in [4.78, 5) is 39.2. The Morgan fingerprint density at radius 1 is 1.00 bits per heavy atom. The van der Waals surface area contributed by atoms with Gasteiger partial charge in [-0.15, -0.1) is 0 Å². The molecule has 33 heavy (non-hydrogen) atoms. The van der Waals surface area contributed by atoms with E-state index in [2.05, 4.69) is 36.6 Å². The monoisotopic (exact) mass is 469 g/mol. The van der Waals surface area contributed by atoms with Crippen molar-refractivity contribution < 1.29 is 14.4 Å². The Morgan fingerprint density at radius 2 is 1.61 bits per heavy atom. The van der Waals surface area contributed by atoms with E-state index < -0.39 is 6.04 Å². The van der Waals surface area contributed by atoms with Crippen LogP contribution in [0.2, 0.25) is 5.02 Å². The van der Waals surface area contributed by atoms with Gasteiger partial charge in [-0.3, -0.25) is 14.4 Å². The van der Waals surface area contributed by atoms with Crippen LogP contribution in [0.15, 0.2) is 48.5 Å². The highest BCUT2D eigenvalue weighted by molar-refractivity contribution is 6.30. The number of hydrogen-bond donors (Lipinski definition) is 2. The van der Waals surface area contributed by atoms with E-state index in [0.29, 0.717) is 48.9 Å². The molecule has 6 nitrogen and oxygen atoms in total. The third kappa shape index (κ3) is 7.06.